The van der Waals surface area contributed by atoms with Gasteiger partial charge in [0.05, 0.1) is 6.07 Å². The van der Waals surface area contributed by atoms with Crippen LogP contribution in [0.15, 0.2) is 0 Å². The van der Waals surface area contributed by atoms with E-state index in [1.807, 2.05) is 11.2 Å². The normalized spacial score (nSPS) is 21.1. The summed E-state index contributed by atoms with van der Waals surface area (Å²) in [5.74, 6) is 0.0717. The first-order valence-electron chi connectivity index (χ1n) is 5.30. The molecule has 0 radical (unpaired) electrons. The van der Waals surface area contributed by atoms with E-state index in [1.54, 1.807) is 11.8 Å². The molecule has 0 saturated carbocycles. The highest BCUT2D eigenvalue weighted by molar-refractivity contribution is 8.00. The van der Waals surface area contributed by atoms with Gasteiger partial charge in [-0.25, -0.2) is 0 Å². The highest BCUT2D eigenvalue weighted by Crippen LogP contribution is 2.34. The monoisotopic (exact) mass is 284 g/mol. The minimum atomic E-state index is -4.13. The zero-order valence-corrected chi connectivity index (χ0v) is 11.2. The topological polar surface area (TPSA) is 27.0 Å². The van der Waals surface area contributed by atoms with Gasteiger partial charge in [-0.05, 0) is 30.9 Å². The van der Waals surface area contributed by atoms with E-state index in [-0.39, 0.29) is 22.3 Å². The summed E-state index contributed by atoms with van der Waals surface area (Å²) in [5.41, 5.74) is -4.13. The quantitative estimate of drug-likeness (QED) is 0.793. The number of alkyl halides is 3. The molecule has 0 aliphatic carbocycles. The number of thioether (sulfide) groups is 2. The molecule has 98 valence electrons. The van der Waals surface area contributed by atoms with E-state index in [0.717, 1.165) is 12.8 Å². The van der Waals surface area contributed by atoms with Crippen LogP contribution in [0.3, 0.4) is 0 Å². The van der Waals surface area contributed by atoms with Gasteiger partial charge in [-0.1, -0.05) is 0 Å². The summed E-state index contributed by atoms with van der Waals surface area (Å²) in [6.45, 7) is 1.87. The maximum atomic E-state index is 11.9. The number of nitrogens with zero attached hydrogens (tertiary/aromatic N) is 2. The zero-order valence-electron chi connectivity index (χ0n) is 9.59. The first-order chi connectivity index (χ1) is 7.91. The van der Waals surface area contributed by atoms with Gasteiger partial charge in [0.15, 0.2) is 0 Å². The van der Waals surface area contributed by atoms with E-state index in [1.165, 1.54) is 0 Å². The lowest BCUT2D eigenvalue weighted by atomic mass is 9.97. The van der Waals surface area contributed by atoms with Gasteiger partial charge in [0.1, 0.15) is 4.75 Å². The van der Waals surface area contributed by atoms with E-state index in [4.69, 9.17) is 5.26 Å². The van der Waals surface area contributed by atoms with Gasteiger partial charge in [0.25, 0.3) is 0 Å². The van der Waals surface area contributed by atoms with Gasteiger partial charge in [-0.15, -0.1) is 11.8 Å². The summed E-state index contributed by atoms with van der Waals surface area (Å²) >= 11 is 1.58. The molecule has 0 amide bonds. The molecule has 1 aliphatic heterocycles. The minimum absolute atomic E-state index is 0.0267. The minimum Gasteiger partial charge on any atom is -0.302 e. The summed E-state index contributed by atoms with van der Waals surface area (Å²) in [6, 6.07) is 2.32. The van der Waals surface area contributed by atoms with Crippen molar-refractivity contribution in [1.82, 2.24) is 4.90 Å². The average molecular weight is 284 g/mol. The first kappa shape index (κ1) is 15.0. The van der Waals surface area contributed by atoms with Gasteiger partial charge in [-0.2, -0.15) is 18.4 Å². The van der Waals surface area contributed by atoms with E-state index >= 15 is 0 Å². The molecular formula is C10H15F3N2S2. The van der Waals surface area contributed by atoms with Crippen LogP contribution in [0.4, 0.5) is 13.2 Å². The van der Waals surface area contributed by atoms with Gasteiger partial charge in [0.2, 0.25) is 0 Å². The molecule has 0 bridgehead atoms. The van der Waals surface area contributed by atoms with Crippen molar-refractivity contribution in [1.29, 1.82) is 5.26 Å². The predicted molar refractivity (Wildman–Crippen MR) is 66.0 cm³/mol. The standard InChI is InChI=1S/C10H15F3N2S2/c1-16-9(8-14)2-4-15(5-3-9)6-7-17-10(11,12)13/h2-7H2,1H3. The number of hydrogen-bond acceptors (Lipinski definition) is 4. The van der Waals surface area contributed by atoms with Gasteiger partial charge < -0.3 is 4.90 Å². The van der Waals surface area contributed by atoms with Crippen molar-refractivity contribution in [3.05, 3.63) is 0 Å². The smallest absolute Gasteiger partial charge is 0.302 e. The Labute approximate surface area is 108 Å². The van der Waals surface area contributed by atoms with Crippen LogP contribution in [0.5, 0.6) is 0 Å². The molecule has 1 saturated heterocycles. The van der Waals surface area contributed by atoms with Crippen molar-refractivity contribution in [3.63, 3.8) is 0 Å². The zero-order chi connectivity index (χ0) is 12.9. The fourth-order valence-corrected chi connectivity index (χ4v) is 3.05. The van der Waals surface area contributed by atoms with Crippen LogP contribution in [-0.2, 0) is 0 Å². The second-order valence-electron chi connectivity index (χ2n) is 3.95. The van der Waals surface area contributed by atoms with Crippen LogP contribution in [0.2, 0.25) is 0 Å². The Hall–Kier alpha value is -0.0600. The van der Waals surface area contributed by atoms with Crippen LogP contribution in [0, 0.1) is 11.3 Å². The van der Waals surface area contributed by atoms with E-state index < -0.39 is 5.51 Å². The molecule has 0 aromatic heterocycles. The van der Waals surface area contributed by atoms with Crippen LogP contribution in [-0.4, -0.2) is 46.8 Å². The average Bonchev–Trinajstić information content (AvgIpc) is 2.29. The van der Waals surface area contributed by atoms with Crippen LogP contribution < -0.4 is 0 Å². The Kier molecular flexibility index (Phi) is 5.48. The molecule has 1 heterocycles. The molecule has 0 aromatic rings. The van der Waals surface area contributed by atoms with Crippen molar-refractivity contribution in [2.24, 2.45) is 0 Å². The molecule has 7 heteroatoms. The molecule has 1 fully saturated rings. The summed E-state index contributed by atoms with van der Waals surface area (Å²) in [4.78, 5) is 2.00. The summed E-state index contributed by atoms with van der Waals surface area (Å²) in [6.07, 6.45) is 3.39. The Balaban J connectivity index is 2.26. The molecule has 17 heavy (non-hydrogen) atoms. The van der Waals surface area contributed by atoms with E-state index in [9.17, 15) is 13.2 Å². The van der Waals surface area contributed by atoms with Crippen molar-refractivity contribution < 1.29 is 13.2 Å². The van der Waals surface area contributed by atoms with Gasteiger partial charge in [-0.3, -0.25) is 0 Å². The highest BCUT2D eigenvalue weighted by atomic mass is 32.2. The number of halogens is 3. The van der Waals surface area contributed by atoms with Crippen LogP contribution in [0.25, 0.3) is 0 Å². The number of rotatable bonds is 4. The molecule has 0 atom stereocenters. The van der Waals surface area contributed by atoms with Crippen LogP contribution >= 0.6 is 23.5 Å². The summed E-state index contributed by atoms with van der Waals surface area (Å²) in [5, 5.41) is 9.07. The summed E-state index contributed by atoms with van der Waals surface area (Å²) in [7, 11) is 0. The maximum absolute atomic E-state index is 11.9. The molecule has 0 N–H and O–H groups in total. The largest absolute Gasteiger partial charge is 0.441 e. The summed E-state index contributed by atoms with van der Waals surface area (Å²) < 4.78 is 35.5. The molecule has 0 aromatic carbocycles. The lowest BCUT2D eigenvalue weighted by molar-refractivity contribution is -0.0329. The highest BCUT2D eigenvalue weighted by Gasteiger charge is 2.34. The van der Waals surface area contributed by atoms with E-state index in [2.05, 4.69) is 6.07 Å². The number of nitriles is 1. The Bertz CT molecular complexity index is 280. The first-order valence-corrected chi connectivity index (χ1v) is 7.51. The van der Waals surface area contributed by atoms with Gasteiger partial charge >= 0.3 is 5.51 Å². The Morgan fingerprint density at radius 1 is 1.35 bits per heavy atom. The SMILES string of the molecule is CSC1(C#N)CCN(CCSC(F)(F)F)CC1. The van der Waals surface area contributed by atoms with Gasteiger partial charge in [0, 0.05) is 25.4 Å². The fourth-order valence-electron chi connectivity index (χ4n) is 1.79. The number of hydrogen-bond donors (Lipinski definition) is 0. The molecular weight excluding hydrogens is 269 g/mol. The van der Waals surface area contributed by atoms with Crippen molar-refractivity contribution in [2.45, 2.75) is 23.1 Å². The molecule has 1 aliphatic rings. The predicted octanol–water partition coefficient (Wildman–Crippen LogP) is 2.96. The maximum Gasteiger partial charge on any atom is 0.441 e. The molecule has 1 rings (SSSR count). The molecule has 0 spiro atoms. The lowest BCUT2D eigenvalue weighted by Gasteiger charge is -2.36. The number of likely N-dealkylation sites (tertiary alicyclic amines) is 1. The van der Waals surface area contributed by atoms with E-state index in [0.29, 0.717) is 19.6 Å². The Morgan fingerprint density at radius 2 is 1.94 bits per heavy atom. The second-order valence-corrected chi connectivity index (χ2v) is 6.30. The molecule has 2 nitrogen and oxygen atoms in total. The van der Waals surface area contributed by atoms with Crippen LogP contribution in [0.1, 0.15) is 12.8 Å². The third-order valence-electron chi connectivity index (χ3n) is 2.93. The third kappa shape index (κ3) is 4.98. The number of piperidine rings is 1. The Morgan fingerprint density at radius 3 is 2.35 bits per heavy atom. The third-order valence-corrected chi connectivity index (χ3v) is 4.93. The fraction of sp³-hybridized carbons (Fsp3) is 0.900. The second kappa shape index (κ2) is 6.21. The van der Waals surface area contributed by atoms with Crippen molar-refractivity contribution >= 4 is 23.5 Å². The molecule has 0 unspecified atom stereocenters. The van der Waals surface area contributed by atoms with Crippen molar-refractivity contribution in [2.75, 3.05) is 31.6 Å². The van der Waals surface area contributed by atoms with Crippen molar-refractivity contribution in [3.8, 4) is 6.07 Å². The lowest BCUT2D eigenvalue weighted by Crippen LogP contribution is -2.42.